The van der Waals surface area contributed by atoms with Crippen LogP contribution in [0.3, 0.4) is 0 Å². The number of urea groups is 2. The van der Waals surface area contributed by atoms with E-state index in [0.717, 1.165) is 9.80 Å². The molecule has 2 aliphatic rings. The molecule has 2 aliphatic heterocycles. The van der Waals surface area contributed by atoms with Crippen molar-refractivity contribution < 1.29 is 29.4 Å². The number of likely N-dealkylation sites (N-methyl/N-ethyl adjacent to an activating group) is 1. The standard InChI is InChI=1S/C8H14N2O3.C7H12N2O3/c1-8(2)6(12)10(4-5-11)7(13)9(8)3;1-7(2)5(11)9(3-4-10)6(12)8-7/h11H,4-5H2,1-3H3;10H,3-4H2,1-2H3,(H,8,12). The molecule has 0 bridgehead atoms. The first kappa shape index (κ1) is 20.8. The molecule has 2 heterocycles. The minimum atomic E-state index is -0.827. The van der Waals surface area contributed by atoms with Crippen molar-refractivity contribution in [3.63, 3.8) is 0 Å². The zero-order valence-electron chi connectivity index (χ0n) is 15.2. The smallest absolute Gasteiger partial charge is 0.327 e. The Kier molecular flexibility index (Phi) is 6.14. The lowest BCUT2D eigenvalue weighted by atomic mass is 10.1. The van der Waals surface area contributed by atoms with Crippen molar-refractivity contribution in [2.45, 2.75) is 38.8 Å². The first-order valence-electron chi connectivity index (χ1n) is 7.87. The molecule has 0 aromatic carbocycles. The third-order valence-corrected chi connectivity index (χ3v) is 4.22. The first-order valence-corrected chi connectivity index (χ1v) is 7.87. The lowest BCUT2D eigenvalue weighted by Crippen LogP contribution is -2.41. The minimum absolute atomic E-state index is 0.0636. The van der Waals surface area contributed by atoms with Crippen LogP contribution in [0.4, 0.5) is 9.59 Å². The number of hydrogen-bond acceptors (Lipinski definition) is 6. The molecule has 10 nitrogen and oxygen atoms in total. The molecule has 3 N–H and O–H groups in total. The van der Waals surface area contributed by atoms with Gasteiger partial charge in [-0.3, -0.25) is 19.4 Å². The largest absolute Gasteiger partial charge is 0.395 e. The van der Waals surface area contributed by atoms with Gasteiger partial charge in [0.25, 0.3) is 11.8 Å². The number of nitrogens with zero attached hydrogens (tertiary/aromatic N) is 3. The van der Waals surface area contributed by atoms with Crippen LogP contribution in [0.2, 0.25) is 0 Å². The number of carbonyl (C=O) groups excluding carboxylic acids is 4. The fourth-order valence-corrected chi connectivity index (χ4v) is 2.40. The lowest BCUT2D eigenvalue weighted by molar-refractivity contribution is -0.132. The van der Waals surface area contributed by atoms with E-state index in [2.05, 4.69) is 5.32 Å². The number of aliphatic hydroxyl groups is 2. The van der Waals surface area contributed by atoms with Crippen LogP contribution >= 0.6 is 0 Å². The molecule has 0 aromatic heterocycles. The average Bonchev–Trinajstić information content (AvgIpc) is 2.80. The normalized spacial score (nSPS) is 21.5. The lowest BCUT2D eigenvalue weighted by Gasteiger charge is -2.22. The van der Waals surface area contributed by atoms with E-state index in [1.165, 1.54) is 4.90 Å². The second-order valence-electron chi connectivity index (χ2n) is 6.82. The third-order valence-electron chi connectivity index (χ3n) is 4.22. The van der Waals surface area contributed by atoms with Gasteiger partial charge in [0.05, 0.1) is 26.3 Å². The molecule has 2 saturated heterocycles. The highest BCUT2D eigenvalue weighted by atomic mass is 16.3. The zero-order chi connectivity index (χ0) is 19.6. The topological polar surface area (TPSA) is 130 Å². The van der Waals surface area contributed by atoms with E-state index in [9.17, 15) is 19.2 Å². The molecule has 0 aliphatic carbocycles. The van der Waals surface area contributed by atoms with Crippen molar-refractivity contribution in [1.29, 1.82) is 0 Å². The van der Waals surface area contributed by atoms with E-state index in [0.29, 0.717) is 0 Å². The molecule has 0 radical (unpaired) electrons. The molecule has 0 unspecified atom stereocenters. The molecule has 2 rings (SSSR count). The Morgan fingerprint density at radius 3 is 1.68 bits per heavy atom. The maximum atomic E-state index is 11.6. The summed E-state index contributed by atoms with van der Waals surface area (Å²) in [6, 6.07) is -0.775. The molecular formula is C15H26N4O6. The fraction of sp³-hybridized carbons (Fsp3) is 0.733. The number of rotatable bonds is 4. The molecule has 0 atom stereocenters. The number of aliphatic hydroxyl groups excluding tert-OH is 2. The average molecular weight is 358 g/mol. The van der Waals surface area contributed by atoms with Crippen molar-refractivity contribution in [1.82, 2.24) is 20.0 Å². The maximum Gasteiger partial charge on any atom is 0.327 e. The van der Waals surface area contributed by atoms with E-state index in [-0.39, 0.29) is 44.1 Å². The minimum Gasteiger partial charge on any atom is -0.395 e. The molecule has 0 saturated carbocycles. The van der Waals surface area contributed by atoms with Crippen molar-refractivity contribution >= 4 is 23.9 Å². The number of hydrogen-bond donors (Lipinski definition) is 3. The molecular weight excluding hydrogens is 332 g/mol. The Bertz CT molecular complexity index is 574. The summed E-state index contributed by atoms with van der Waals surface area (Å²) >= 11 is 0. The van der Waals surface area contributed by atoms with E-state index >= 15 is 0 Å². The summed E-state index contributed by atoms with van der Waals surface area (Å²) in [4.78, 5) is 48.9. The summed E-state index contributed by atoms with van der Waals surface area (Å²) in [5.41, 5.74) is -1.61. The molecule has 0 spiro atoms. The Balaban J connectivity index is 0.000000251. The van der Waals surface area contributed by atoms with Gasteiger partial charge in [0.1, 0.15) is 11.1 Å². The molecule has 142 valence electrons. The van der Waals surface area contributed by atoms with Gasteiger partial charge in [-0.15, -0.1) is 0 Å². The van der Waals surface area contributed by atoms with Crippen molar-refractivity contribution in [2.75, 3.05) is 33.4 Å². The van der Waals surface area contributed by atoms with Crippen molar-refractivity contribution in [3.8, 4) is 0 Å². The molecule has 25 heavy (non-hydrogen) atoms. The van der Waals surface area contributed by atoms with Gasteiger partial charge in [0.15, 0.2) is 0 Å². The van der Waals surface area contributed by atoms with Crippen LogP contribution in [-0.2, 0) is 9.59 Å². The molecule has 0 aromatic rings. The third kappa shape index (κ3) is 3.90. The summed E-state index contributed by atoms with van der Waals surface area (Å²) in [5, 5.41) is 19.7. The van der Waals surface area contributed by atoms with Gasteiger partial charge in [-0.1, -0.05) is 0 Å². The van der Waals surface area contributed by atoms with E-state index in [1.807, 2.05) is 0 Å². The van der Waals surface area contributed by atoms with Crippen LogP contribution in [0.5, 0.6) is 0 Å². The van der Waals surface area contributed by atoms with E-state index in [4.69, 9.17) is 10.2 Å². The number of β-amino-alcohol motifs (C(OH)–C–C–N with tert-alkyl or cyclic N) is 2. The quantitative estimate of drug-likeness (QED) is 0.550. The summed E-state index contributed by atoms with van der Waals surface area (Å²) in [5.74, 6) is -0.546. The molecule has 10 heteroatoms. The Hall–Kier alpha value is -2.20. The monoisotopic (exact) mass is 358 g/mol. The van der Waals surface area contributed by atoms with E-state index < -0.39 is 17.1 Å². The van der Waals surface area contributed by atoms with Gasteiger partial charge in [-0.2, -0.15) is 0 Å². The Labute approximate surface area is 146 Å². The number of amides is 6. The Morgan fingerprint density at radius 1 is 0.880 bits per heavy atom. The first-order chi connectivity index (χ1) is 11.4. The number of carbonyl (C=O) groups is 4. The highest BCUT2D eigenvalue weighted by molar-refractivity contribution is 6.07. The SMILES string of the molecule is CC1(C)NC(=O)N(CCO)C1=O.CN1C(=O)N(CCO)C(=O)C1(C)C. The van der Waals surface area contributed by atoms with Gasteiger partial charge in [-0.05, 0) is 27.7 Å². The predicted molar refractivity (Wildman–Crippen MR) is 87.4 cm³/mol. The number of imide groups is 2. The van der Waals surface area contributed by atoms with Gasteiger partial charge >= 0.3 is 12.1 Å². The Morgan fingerprint density at radius 2 is 1.36 bits per heavy atom. The highest BCUT2D eigenvalue weighted by Gasteiger charge is 2.48. The van der Waals surface area contributed by atoms with E-state index in [1.54, 1.807) is 34.7 Å². The maximum absolute atomic E-state index is 11.6. The van der Waals surface area contributed by atoms with Gasteiger partial charge in [-0.25, -0.2) is 9.59 Å². The van der Waals surface area contributed by atoms with Crippen molar-refractivity contribution in [2.24, 2.45) is 0 Å². The van der Waals surface area contributed by atoms with Gasteiger partial charge in [0, 0.05) is 7.05 Å². The van der Waals surface area contributed by atoms with Crippen LogP contribution in [-0.4, -0.2) is 93.2 Å². The second-order valence-corrected chi connectivity index (χ2v) is 6.82. The summed E-state index contributed by atoms with van der Waals surface area (Å²) in [6.07, 6.45) is 0. The predicted octanol–water partition coefficient (Wildman–Crippen LogP) is -1.04. The number of nitrogens with one attached hydrogen (secondary N) is 1. The highest BCUT2D eigenvalue weighted by Crippen LogP contribution is 2.25. The van der Waals surface area contributed by atoms with Crippen LogP contribution in [0, 0.1) is 0 Å². The van der Waals surface area contributed by atoms with Crippen LogP contribution < -0.4 is 5.32 Å². The van der Waals surface area contributed by atoms with Crippen LogP contribution in [0.25, 0.3) is 0 Å². The van der Waals surface area contributed by atoms with Crippen LogP contribution in [0.15, 0.2) is 0 Å². The summed E-state index contributed by atoms with van der Waals surface area (Å²) in [7, 11) is 1.58. The summed E-state index contributed by atoms with van der Waals surface area (Å²) < 4.78 is 0. The molecule has 2 fully saturated rings. The second kappa shape index (κ2) is 7.36. The van der Waals surface area contributed by atoms with Gasteiger partial charge < -0.3 is 20.4 Å². The molecule has 6 amide bonds. The summed E-state index contributed by atoms with van der Waals surface area (Å²) in [6.45, 7) is 6.38. The van der Waals surface area contributed by atoms with Gasteiger partial charge in [0.2, 0.25) is 0 Å². The fourth-order valence-electron chi connectivity index (χ4n) is 2.40. The zero-order valence-corrected chi connectivity index (χ0v) is 15.2. The van der Waals surface area contributed by atoms with Crippen molar-refractivity contribution in [3.05, 3.63) is 0 Å². The van der Waals surface area contributed by atoms with Crippen LogP contribution in [0.1, 0.15) is 27.7 Å².